The van der Waals surface area contributed by atoms with Crippen molar-refractivity contribution in [1.29, 1.82) is 0 Å². The SMILES string of the molecule is CCNC(=NCc1ccc(Cl)cc1OC)NC1CCN(C2CCCC2)CC1.I. The van der Waals surface area contributed by atoms with Gasteiger partial charge in [-0.1, -0.05) is 30.5 Å². The largest absolute Gasteiger partial charge is 0.496 e. The molecule has 0 unspecified atom stereocenters. The number of hydrogen-bond donors (Lipinski definition) is 2. The van der Waals surface area contributed by atoms with Gasteiger partial charge in [0.1, 0.15) is 5.75 Å². The summed E-state index contributed by atoms with van der Waals surface area (Å²) < 4.78 is 5.43. The van der Waals surface area contributed by atoms with E-state index in [4.69, 9.17) is 21.3 Å². The van der Waals surface area contributed by atoms with Gasteiger partial charge in [-0.2, -0.15) is 0 Å². The lowest BCUT2D eigenvalue weighted by Crippen LogP contribution is -2.50. The number of nitrogens with zero attached hydrogens (tertiary/aromatic N) is 2. The van der Waals surface area contributed by atoms with Crippen LogP contribution in [0.1, 0.15) is 51.0 Å². The molecule has 5 nitrogen and oxygen atoms in total. The Kier molecular flexibility index (Phi) is 10.2. The van der Waals surface area contributed by atoms with E-state index in [1.165, 1.54) is 51.6 Å². The highest BCUT2D eigenvalue weighted by Crippen LogP contribution is 2.26. The third kappa shape index (κ3) is 6.66. The maximum Gasteiger partial charge on any atom is 0.191 e. The number of ether oxygens (including phenoxy) is 1. The molecule has 28 heavy (non-hydrogen) atoms. The van der Waals surface area contributed by atoms with E-state index in [1.54, 1.807) is 7.11 Å². The van der Waals surface area contributed by atoms with E-state index < -0.39 is 0 Å². The smallest absolute Gasteiger partial charge is 0.191 e. The van der Waals surface area contributed by atoms with E-state index in [9.17, 15) is 0 Å². The molecule has 1 aliphatic heterocycles. The van der Waals surface area contributed by atoms with Crippen LogP contribution in [0.25, 0.3) is 0 Å². The van der Waals surface area contributed by atoms with Gasteiger partial charge in [-0.15, -0.1) is 24.0 Å². The first kappa shape index (κ1) is 23.5. The van der Waals surface area contributed by atoms with Gasteiger partial charge in [-0.25, -0.2) is 4.99 Å². The second kappa shape index (κ2) is 12.1. The Morgan fingerprint density at radius 1 is 1.21 bits per heavy atom. The molecule has 2 fully saturated rings. The average molecular weight is 521 g/mol. The van der Waals surface area contributed by atoms with E-state index in [0.29, 0.717) is 17.6 Å². The van der Waals surface area contributed by atoms with Gasteiger partial charge in [0.05, 0.1) is 13.7 Å². The maximum absolute atomic E-state index is 6.05. The van der Waals surface area contributed by atoms with Crippen molar-refractivity contribution in [3.05, 3.63) is 28.8 Å². The van der Waals surface area contributed by atoms with Gasteiger partial charge in [-0.05, 0) is 44.7 Å². The number of guanidine groups is 1. The number of hydrogen-bond acceptors (Lipinski definition) is 3. The van der Waals surface area contributed by atoms with Gasteiger partial charge in [0, 0.05) is 42.3 Å². The number of nitrogens with one attached hydrogen (secondary N) is 2. The standard InChI is InChI=1S/C21H33ClN4O.HI/c1-3-23-21(24-15-16-8-9-17(22)14-20(16)27-2)25-18-10-12-26(13-11-18)19-6-4-5-7-19;/h8-9,14,18-19H,3-7,10-13,15H2,1-2H3,(H2,23,24,25);1H. The van der Waals surface area contributed by atoms with Crippen LogP contribution in [0.2, 0.25) is 5.02 Å². The number of halogens is 2. The summed E-state index contributed by atoms with van der Waals surface area (Å²) in [6, 6.07) is 7.03. The van der Waals surface area contributed by atoms with Crippen LogP contribution in [-0.4, -0.2) is 49.7 Å². The summed E-state index contributed by atoms with van der Waals surface area (Å²) in [6.07, 6.45) is 7.98. The Morgan fingerprint density at radius 2 is 1.93 bits per heavy atom. The van der Waals surface area contributed by atoms with Gasteiger partial charge < -0.3 is 20.3 Å². The molecule has 158 valence electrons. The fourth-order valence-electron chi connectivity index (χ4n) is 4.20. The first-order valence-corrected chi connectivity index (χ1v) is 10.7. The molecule has 1 saturated heterocycles. The number of benzene rings is 1. The summed E-state index contributed by atoms with van der Waals surface area (Å²) in [4.78, 5) is 7.47. The van der Waals surface area contributed by atoms with E-state index in [0.717, 1.165) is 29.9 Å². The van der Waals surface area contributed by atoms with Crippen LogP contribution in [0.3, 0.4) is 0 Å². The van der Waals surface area contributed by atoms with Crippen molar-refractivity contribution < 1.29 is 4.74 Å². The molecule has 0 atom stereocenters. The first-order valence-electron chi connectivity index (χ1n) is 10.3. The first-order chi connectivity index (χ1) is 13.2. The van der Waals surface area contributed by atoms with Gasteiger partial charge in [0.15, 0.2) is 5.96 Å². The van der Waals surface area contributed by atoms with Crippen molar-refractivity contribution in [2.45, 2.75) is 64.1 Å². The topological polar surface area (TPSA) is 48.9 Å². The molecule has 0 amide bonds. The minimum absolute atomic E-state index is 0. The molecular formula is C21H34ClIN4O. The molecule has 1 saturated carbocycles. The normalized spacial score (nSPS) is 19.3. The highest BCUT2D eigenvalue weighted by Gasteiger charge is 2.27. The van der Waals surface area contributed by atoms with Crippen molar-refractivity contribution in [2.75, 3.05) is 26.7 Å². The molecular weight excluding hydrogens is 487 g/mol. The molecule has 0 aromatic heterocycles. The van der Waals surface area contributed by atoms with Crippen LogP contribution in [-0.2, 0) is 6.54 Å². The third-order valence-corrected chi connectivity index (χ3v) is 5.95. The fraction of sp³-hybridized carbons (Fsp3) is 0.667. The zero-order valence-electron chi connectivity index (χ0n) is 17.0. The van der Waals surface area contributed by atoms with Crippen LogP contribution >= 0.6 is 35.6 Å². The van der Waals surface area contributed by atoms with Gasteiger partial charge in [0.25, 0.3) is 0 Å². The van der Waals surface area contributed by atoms with Crippen molar-refractivity contribution in [3.8, 4) is 5.75 Å². The van der Waals surface area contributed by atoms with Crippen LogP contribution in [0.15, 0.2) is 23.2 Å². The molecule has 1 heterocycles. The lowest BCUT2D eigenvalue weighted by atomic mass is 10.0. The number of aliphatic imine (C=N–C) groups is 1. The quantitative estimate of drug-likeness (QED) is 0.331. The van der Waals surface area contributed by atoms with Crippen molar-refractivity contribution in [3.63, 3.8) is 0 Å². The van der Waals surface area contributed by atoms with Crippen molar-refractivity contribution in [1.82, 2.24) is 15.5 Å². The predicted molar refractivity (Wildman–Crippen MR) is 128 cm³/mol. The summed E-state index contributed by atoms with van der Waals surface area (Å²) in [7, 11) is 1.67. The van der Waals surface area contributed by atoms with E-state index in [1.807, 2.05) is 18.2 Å². The molecule has 1 aromatic carbocycles. The molecule has 2 N–H and O–H groups in total. The Morgan fingerprint density at radius 3 is 2.57 bits per heavy atom. The fourth-order valence-corrected chi connectivity index (χ4v) is 4.37. The monoisotopic (exact) mass is 520 g/mol. The zero-order valence-corrected chi connectivity index (χ0v) is 20.1. The third-order valence-electron chi connectivity index (χ3n) is 5.71. The number of likely N-dealkylation sites (tertiary alicyclic amines) is 1. The molecule has 3 rings (SSSR count). The molecule has 0 bridgehead atoms. The molecule has 1 aliphatic carbocycles. The summed E-state index contributed by atoms with van der Waals surface area (Å²) in [5.74, 6) is 1.67. The number of rotatable bonds is 6. The zero-order chi connectivity index (χ0) is 19.1. The lowest BCUT2D eigenvalue weighted by molar-refractivity contribution is 0.150. The predicted octanol–water partition coefficient (Wildman–Crippen LogP) is 4.43. The second-order valence-electron chi connectivity index (χ2n) is 7.54. The highest BCUT2D eigenvalue weighted by atomic mass is 127. The molecule has 0 spiro atoms. The lowest BCUT2D eigenvalue weighted by Gasteiger charge is -2.36. The Hall–Kier alpha value is -0.730. The van der Waals surface area contributed by atoms with E-state index >= 15 is 0 Å². The van der Waals surface area contributed by atoms with Crippen LogP contribution < -0.4 is 15.4 Å². The van der Waals surface area contributed by atoms with Gasteiger partial charge in [0.2, 0.25) is 0 Å². The van der Waals surface area contributed by atoms with Crippen LogP contribution in [0.4, 0.5) is 0 Å². The second-order valence-corrected chi connectivity index (χ2v) is 7.98. The minimum Gasteiger partial charge on any atom is -0.496 e. The van der Waals surface area contributed by atoms with Crippen molar-refractivity contribution in [2.24, 2.45) is 4.99 Å². The summed E-state index contributed by atoms with van der Waals surface area (Å²) in [5.41, 5.74) is 1.04. The van der Waals surface area contributed by atoms with Gasteiger partial charge in [-0.3, -0.25) is 0 Å². The van der Waals surface area contributed by atoms with Crippen LogP contribution in [0.5, 0.6) is 5.75 Å². The number of piperidine rings is 1. The van der Waals surface area contributed by atoms with E-state index in [-0.39, 0.29) is 24.0 Å². The molecule has 7 heteroatoms. The van der Waals surface area contributed by atoms with E-state index in [2.05, 4.69) is 22.5 Å². The Labute approximate surface area is 191 Å². The summed E-state index contributed by atoms with van der Waals surface area (Å²) in [5, 5.41) is 7.69. The number of methoxy groups -OCH3 is 1. The molecule has 1 aromatic rings. The summed E-state index contributed by atoms with van der Waals surface area (Å²) >= 11 is 6.05. The Bertz CT molecular complexity index is 629. The summed E-state index contributed by atoms with van der Waals surface area (Å²) in [6.45, 7) is 5.92. The Balaban J connectivity index is 0.00000280. The molecule has 2 aliphatic rings. The highest BCUT2D eigenvalue weighted by molar-refractivity contribution is 14.0. The minimum atomic E-state index is 0. The van der Waals surface area contributed by atoms with Crippen LogP contribution in [0, 0.1) is 0 Å². The van der Waals surface area contributed by atoms with Crippen molar-refractivity contribution >= 4 is 41.5 Å². The maximum atomic E-state index is 6.05. The average Bonchev–Trinajstić information content (AvgIpc) is 3.22. The van der Waals surface area contributed by atoms with Gasteiger partial charge >= 0.3 is 0 Å². The molecule has 0 radical (unpaired) electrons.